The van der Waals surface area contributed by atoms with Crippen LogP contribution in [0.4, 0.5) is 0 Å². The SMILES string of the molecule is CCNC(C)(CCCOC1CCCC(C)C1)C(N)=O. The highest BCUT2D eigenvalue weighted by molar-refractivity contribution is 5.84. The average molecular weight is 270 g/mol. The Bertz CT molecular complexity index is 283. The zero-order valence-corrected chi connectivity index (χ0v) is 12.7. The minimum absolute atomic E-state index is 0.277. The molecule has 1 rings (SSSR count). The first-order chi connectivity index (χ1) is 8.98. The number of amides is 1. The molecule has 0 spiro atoms. The van der Waals surface area contributed by atoms with Gasteiger partial charge >= 0.3 is 0 Å². The average Bonchev–Trinajstić information content (AvgIpc) is 2.35. The van der Waals surface area contributed by atoms with Gasteiger partial charge in [0.2, 0.25) is 5.91 Å². The second-order valence-corrected chi connectivity index (χ2v) is 6.09. The molecule has 0 heterocycles. The summed E-state index contributed by atoms with van der Waals surface area (Å²) < 4.78 is 5.93. The van der Waals surface area contributed by atoms with E-state index < -0.39 is 5.54 Å². The van der Waals surface area contributed by atoms with Gasteiger partial charge in [0.25, 0.3) is 0 Å². The Balaban J connectivity index is 2.23. The summed E-state index contributed by atoms with van der Waals surface area (Å²) >= 11 is 0. The van der Waals surface area contributed by atoms with Crippen molar-refractivity contribution in [3.05, 3.63) is 0 Å². The smallest absolute Gasteiger partial charge is 0.237 e. The van der Waals surface area contributed by atoms with Crippen molar-refractivity contribution >= 4 is 5.91 Å². The van der Waals surface area contributed by atoms with Crippen LogP contribution in [0.1, 0.15) is 59.3 Å². The molecule has 3 N–H and O–H groups in total. The lowest BCUT2D eigenvalue weighted by Gasteiger charge is -2.29. The van der Waals surface area contributed by atoms with Gasteiger partial charge in [0, 0.05) is 6.61 Å². The van der Waals surface area contributed by atoms with Gasteiger partial charge in [-0.05, 0) is 45.1 Å². The van der Waals surface area contributed by atoms with E-state index in [0.717, 1.165) is 31.9 Å². The van der Waals surface area contributed by atoms with E-state index in [-0.39, 0.29) is 5.91 Å². The lowest BCUT2D eigenvalue weighted by Crippen LogP contribution is -2.53. The van der Waals surface area contributed by atoms with Gasteiger partial charge in [-0.2, -0.15) is 0 Å². The summed E-state index contributed by atoms with van der Waals surface area (Å²) in [6.45, 7) is 7.64. The zero-order chi connectivity index (χ0) is 14.3. The second-order valence-electron chi connectivity index (χ2n) is 6.09. The number of carbonyl (C=O) groups excluding carboxylic acids is 1. The van der Waals surface area contributed by atoms with Crippen molar-refractivity contribution in [2.45, 2.75) is 70.9 Å². The van der Waals surface area contributed by atoms with E-state index >= 15 is 0 Å². The molecule has 1 fully saturated rings. The third-order valence-electron chi connectivity index (χ3n) is 4.17. The first kappa shape index (κ1) is 16.4. The topological polar surface area (TPSA) is 64.3 Å². The molecule has 0 aromatic heterocycles. The quantitative estimate of drug-likeness (QED) is 0.665. The Labute approximate surface area is 117 Å². The number of primary amides is 1. The van der Waals surface area contributed by atoms with Crippen LogP contribution >= 0.6 is 0 Å². The Kier molecular flexibility index (Phi) is 6.80. The molecular formula is C15H30N2O2. The van der Waals surface area contributed by atoms with Crippen molar-refractivity contribution in [1.82, 2.24) is 5.32 Å². The summed E-state index contributed by atoms with van der Waals surface area (Å²) in [4.78, 5) is 11.5. The number of hydrogen-bond acceptors (Lipinski definition) is 3. The van der Waals surface area contributed by atoms with Crippen molar-refractivity contribution in [3.8, 4) is 0 Å². The highest BCUT2D eigenvalue weighted by atomic mass is 16.5. The highest BCUT2D eigenvalue weighted by Gasteiger charge is 2.29. The van der Waals surface area contributed by atoms with Gasteiger partial charge in [-0.3, -0.25) is 4.79 Å². The van der Waals surface area contributed by atoms with Crippen molar-refractivity contribution in [2.24, 2.45) is 11.7 Å². The maximum atomic E-state index is 11.5. The maximum Gasteiger partial charge on any atom is 0.237 e. The van der Waals surface area contributed by atoms with Gasteiger partial charge in [0.05, 0.1) is 11.6 Å². The number of nitrogens with one attached hydrogen (secondary N) is 1. The van der Waals surface area contributed by atoms with E-state index in [9.17, 15) is 4.79 Å². The summed E-state index contributed by atoms with van der Waals surface area (Å²) in [5.74, 6) is 0.511. The molecule has 0 bridgehead atoms. The second kappa shape index (κ2) is 7.85. The Morgan fingerprint density at radius 3 is 2.79 bits per heavy atom. The molecule has 0 radical (unpaired) electrons. The zero-order valence-electron chi connectivity index (χ0n) is 12.7. The predicted octanol–water partition coefficient (Wildman–Crippen LogP) is 2.22. The fourth-order valence-corrected chi connectivity index (χ4v) is 2.89. The molecule has 0 saturated heterocycles. The number of carbonyl (C=O) groups is 1. The van der Waals surface area contributed by atoms with Gasteiger partial charge < -0.3 is 15.8 Å². The van der Waals surface area contributed by atoms with E-state index in [4.69, 9.17) is 10.5 Å². The summed E-state index contributed by atoms with van der Waals surface area (Å²) in [6, 6.07) is 0. The summed E-state index contributed by atoms with van der Waals surface area (Å²) in [6.07, 6.45) is 7.01. The largest absolute Gasteiger partial charge is 0.378 e. The normalized spacial score (nSPS) is 26.9. The summed E-state index contributed by atoms with van der Waals surface area (Å²) in [7, 11) is 0. The molecular weight excluding hydrogens is 240 g/mol. The van der Waals surface area contributed by atoms with Gasteiger partial charge in [0.15, 0.2) is 0 Å². The van der Waals surface area contributed by atoms with Crippen LogP contribution in [0.5, 0.6) is 0 Å². The van der Waals surface area contributed by atoms with Crippen molar-refractivity contribution in [2.75, 3.05) is 13.2 Å². The third-order valence-corrected chi connectivity index (χ3v) is 4.17. The van der Waals surface area contributed by atoms with Gasteiger partial charge in [-0.25, -0.2) is 0 Å². The van der Waals surface area contributed by atoms with Crippen LogP contribution in [0.15, 0.2) is 0 Å². The van der Waals surface area contributed by atoms with Crippen molar-refractivity contribution < 1.29 is 9.53 Å². The van der Waals surface area contributed by atoms with Gasteiger partial charge in [-0.1, -0.05) is 26.7 Å². The predicted molar refractivity (Wildman–Crippen MR) is 77.9 cm³/mol. The molecule has 112 valence electrons. The molecule has 4 heteroatoms. The number of likely N-dealkylation sites (N-methyl/N-ethyl adjacent to an activating group) is 1. The van der Waals surface area contributed by atoms with Crippen LogP contribution in [0, 0.1) is 5.92 Å². The third kappa shape index (κ3) is 5.49. The van der Waals surface area contributed by atoms with Gasteiger partial charge in [0.1, 0.15) is 0 Å². The molecule has 1 aliphatic carbocycles. The fraction of sp³-hybridized carbons (Fsp3) is 0.933. The van der Waals surface area contributed by atoms with E-state index in [1.54, 1.807) is 0 Å². The number of rotatable bonds is 8. The van der Waals surface area contributed by atoms with Crippen LogP contribution in [0.3, 0.4) is 0 Å². The molecule has 0 aromatic carbocycles. The summed E-state index contributed by atoms with van der Waals surface area (Å²) in [5.41, 5.74) is 4.86. The van der Waals surface area contributed by atoms with Crippen molar-refractivity contribution in [3.63, 3.8) is 0 Å². The van der Waals surface area contributed by atoms with Crippen LogP contribution in [-0.4, -0.2) is 30.7 Å². The van der Waals surface area contributed by atoms with E-state index in [2.05, 4.69) is 12.2 Å². The van der Waals surface area contributed by atoms with Crippen LogP contribution in [0.2, 0.25) is 0 Å². The van der Waals surface area contributed by atoms with E-state index in [1.165, 1.54) is 25.7 Å². The molecule has 0 aromatic rings. The monoisotopic (exact) mass is 270 g/mol. The number of hydrogen-bond donors (Lipinski definition) is 2. The Morgan fingerprint density at radius 2 is 2.21 bits per heavy atom. The maximum absolute atomic E-state index is 11.5. The number of nitrogens with two attached hydrogens (primary N) is 1. The van der Waals surface area contributed by atoms with Gasteiger partial charge in [-0.15, -0.1) is 0 Å². The minimum atomic E-state index is -0.599. The minimum Gasteiger partial charge on any atom is -0.378 e. The van der Waals surface area contributed by atoms with Crippen LogP contribution in [-0.2, 0) is 9.53 Å². The molecule has 1 amide bonds. The molecule has 3 unspecified atom stereocenters. The first-order valence-electron chi connectivity index (χ1n) is 7.64. The molecule has 1 saturated carbocycles. The lowest BCUT2D eigenvalue weighted by atomic mass is 9.88. The molecule has 1 aliphatic rings. The number of ether oxygens (including phenoxy) is 1. The van der Waals surface area contributed by atoms with Crippen molar-refractivity contribution in [1.29, 1.82) is 0 Å². The molecule has 3 atom stereocenters. The van der Waals surface area contributed by atoms with Crippen LogP contribution < -0.4 is 11.1 Å². The van der Waals surface area contributed by atoms with E-state index in [0.29, 0.717) is 6.10 Å². The molecule has 4 nitrogen and oxygen atoms in total. The van der Waals surface area contributed by atoms with E-state index in [1.807, 2.05) is 13.8 Å². The summed E-state index contributed by atoms with van der Waals surface area (Å²) in [5, 5.41) is 3.17. The Morgan fingerprint density at radius 1 is 1.47 bits per heavy atom. The molecule has 0 aliphatic heterocycles. The fourth-order valence-electron chi connectivity index (χ4n) is 2.89. The first-order valence-corrected chi connectivity index (χ1v) is 7.64. The Hall–Kier alpha value is -0.610. The molecule has 19 heavy (non-hydrogen) atoms. The standard InChI is InChI=1S/C15H30N2O2/c1-4-17-15(3,14(16)18)9-6-10-19-13-8-5-7-12(2)11-13/h12-13,17H,4-11H2,1-3H3,(H2,16,18). The highest BCUT2D eigenvalue weighted by Crippen LogP contribution is 2.26. The lowest BCUT2D eigenvalue weighted by molar-refractivity contribution is -0.124. The van der Waals surface area contributed by atoms with Crippen LogP contribution in [0.25, 0.3) is 0 Å².